The number of H-pyrrole nitrogens is 1. The molecule has 0 amide bonds. The third-order valence-electron chi connectivity index (χ3n) is 2.76. The van der Waals surface area contributed by atoms with Crippen LogP contribution in [0, 0.1) is 0 Å². The second-order valence-corrected chi connectivity index (χ2v) is 4.76. The van der Waals surface area contributed by atoms with Gasteiger partial charge in [0.05, 0.1) is 29.8 Å². The summed E-state index contributed by atoms with van der Waals surface area (Å²) in [6.07, 6.45) is 3.41. The van der Waals surface area contributed by atoms with Crippen molar-refractivity contribution in [3.63, 3.8) is 0 Å². The third-order valence-corrected chi connectivity index (χ3v) is 3.36. The second-order valence-electron chi connectivity index (χ2n) is 3.91. The van der Waals surface area contributed by atoms with Crippen molar-refractivity contribution < 1.29 is 9.47 Å². The first-order valence-corrected chi connectivity index (χ1v) is 6.48. The van der Waals surface area contributed by atoms with E-state index in [2.05, 4.69) is 41.1 Å². The van der Waals surface area contributed by atoms with E-state index in [0.717, 1.165) is 15.5 Å². The van der Waals surface area contributed by atoms with Crippen molar-refractivity contribution in [2.45, 2.75) is 0 Å². The molecule has 0 aromatic carbocycles. The molecule has 0 aliphatic rings. The molecule has 7 nitrogen and oxygen atoms in total. The van der Waals surface area contributed by atoms with Crippen LogP contribution in [0.5, 0.6) is 11.9 Å². The summed E-state index contributed by atoms with van der Waals surface area (Å²) in [5.41, 5.74) is 2.89. The molecule has 0 bridgehead atoms. The highest BCUT2D eigenvalue weighted by Crippen LogP contribution is 2.29. The number of methoxy groups -OCH3 is 2. The number of aromatic amines is 1. The molecular formula is C12H10BrN5O2. The molecule has 3 aromatic rings. The van der Waals surface area contributed by atoms with Gasteiger partial charge in [-0.2, -0.15) is 4.98 Å². The normalized spacial score (nSPS) is 10.8. The lowest BCUT2D eigenvalue weighted by molar-refractivity contribution is 0.353. The van der Waals surface area contributed by atoms with Crippen molar-refractivity contribution in [1.82, 2.24) is 25.1 Å². The Balaban J connectivity index is 2.14. The lowest BCUT2D eigenvalue weighted by atomic mass is 10.2. The van der Waals surface area contributed by atoms with Crippen LogP contribution in [-0.4, -0.2) is 39.4 Å². The molecule has 0 saturated carbocycles. The summed E-state index contributed by atoms with van der Waals surface area (Å²) in [5, 5.41) is 8.34. The lowest BCUT2D eigenvalue weighted by Gasteiger charge is -2.07. The monoisotopic (exact) mass is 335 g/mol. The molecule has 0 aliphatic heterocycles. The topological polar surface area (TPSA) is 85.8 Å². The zero-order valence-corrected chi connectivity index (χ0v) is 12.3. The number of hydrogen-bond acceptors (Lipinski definition) is 6. The summed E-state index contributed by atoms with van der Waals surface area (Å²) >= 11 is 3.40. The van der Waals surface area contributed by atoms with Gasteiger partial charge in [-0.25, -0.2) is 4.98 Å². The fraction of sp³-hybridized carbons (Fsp3) is 0.167. The van der Waals surface area contributed by atoms with E-state index in [4.69, 9.17) is 9.47 Å². The van der Waals surface area contributed by atoms with Crippen LogP contribution in [0.25, 0.3) is 22.3 Å². The summed E-state index contributed by atoms with van der Waals surface area (Å²) in [5.74, 6) is 0.385. The molecule has 102 valence electrons. The minimum Gasteiger partial charge on any atom is -0.480 e. The van der Waals surface area contributed by atoms with Crippen LogP contribution < -0.4 is 9.47 Å². The molecule has 0 fully saturated rings. The van der Waals surface area contributed by atoms with Crippen molar-refractivity contribution in [2.75, 3.05) is 14.2 Å². The number of fused-ring (bicyclic) bond motifs is 1. The Labute approximate surface area is 122 Å². The van der Waals surface area contributed by atoms with Gasteiger partial charge in [-0.3, -0.25) is 0 Å². The molecule has 0 radical (unpaired) electrons. The van der Waals surface area contributed by atoms with Crippen LogP contribution in [0.15, 0.2) is 22.9 Å². The molecule has 0 aliphatic carbocycles. The maximum atomic E-state index is 5.24. The van der Waals surface area contributed by atoms with Crippen molar-refractivity contribution >= 4 is 27.0 Å². The standard InChI is InChI=1S/C12H10BrN5O2/c1-19-11-6(4-15-12(16-11)20-2)8-3-9-10(18-17-8)7(13)5-14-9/h3-5,14H,1-2H3. The van der Waals surface area contributed by atoms with Crippen molar-refractivity contribution in [3.8, 4) is 23.1 Å². The van der Waals surface area contributed by atoms with E-state index in [1.807, 2.05) is 12.3 Å². The highest BCUT2D eigenvalue weighted by atomic mass is 79.9. The van der Waals surface area contributed by atoms with E-state index >= 15 is 0 Å². The number of hydrogen-bond donors (Lipinski definition) is 1. The molecule has 3 aromatic heterocycles. The Morgan fingerprint density at radius 3 is 2.80 bits per heavy atom. The van der Waals surface area contributed by atoms with Crippen LogP contribution in [-0.2, 0) is 0 Å². The van der Waals surface area contributed by atoms with E-state index in [9.17, 15) is 0 Å². The van der Waals surface area contributed by atoms with Gasteiger partial charge in [0.25, 0.3) is 0 Å². The fourth-order valence-electron chi connectivity index (χ4n) is 1.80. The van der Waals surface area contributed by atoms with E-state index in [1.54, 1.807) is 6.20 Å². The van der Waals surface area contributed by atoms with E-state index in [-0.39, 0.29) is 6.01 Å². The summed E-state index contributed by atoms with van der Waals surface area (Å²) in [6, 6.07) is 2.10. The molecule has 1 N–H and O–H groups in total. The predicted molar refractivity (Wildman–Crippen MR) is 75.7 cm³/mol. The average molecular weight is 336 g/mol. The minimum atomic E-state index is 0.238. The first-order valence-electron chi connectivity index (χ1n) is 5.68. The van der Waals surface area contributed by atoms with Crippen LogP contribution in [0.1, 0.15) is 0 Å². The highest BCUT2D eigenvalue weighted by molar-refractivity contribution is 9.10. The molecular weight excluding hydrogens is 326 g/mol. The smallest absolute Gasteiger partial charge is 0.319 e. The molecule has 0 unspecified atom stereocenters. The zero-order chi connectivity index (χ0) is 14.1. The SMILES string of the molecule is COc1ncc(-c2cc3[nH]cc(Br)c3nn2)c(OC)n1. The van der Waals surface area contributed by atoms with Crippen molar-refractivity contribution in [3.05, 3.63) is 22.9 Å². The van der Waals surface area contributed by atoms with Gasteiger partial charge in [0, 0.05) is 12.4 Å². The molecule has 0 atom stereocenters. The maximum absolute atomic E-state index is 5.24. The van der Waals surface area contributed by atoms with E-state index in [1.165, 1.54) is 14.2 Å². The molecule has 0 spiro atoms. The Kier molecular flexibility index (Phi) is 3.23. The first-order chi connectivity index (χ1) is 9.72. The quantitative estimate of drug-likeness (QED) is 0.789. The van der Waals surface area contributed by atoms with Gasteiger partial charge in [-0.1, -0.05) is 0 Å². The zero-order valence-electron chi connectivity index (χ0n) is 10.7. The van der Waals surface area contributed by atoms with Crippen LogP contribution in [0.2, 0.25) is 0 Å². The summed E-state index contributed by atoms with van der Waals surface area (Å²) < 4.78 is 11.1. The number of aromatic nitrogens is 5. The van der Waals surface area contributed by atoms with Gasteiger partial charge in [0.1, 0.15) is 11.2 Å². The maximum Gasteiger partial charge on any atom is 0.319 e. The van der Waals surface area contributed by atoms with Gasteiger partial charge in [0.15, 0.2) is 0 Å². The molecule has 3 heterocycles. The fourth-order valence-corrected chi connectivity index (χ4v) is 2.21. The lowest BCUT2D eigenvalue weighted by Crippen LogP contribution is -1.99. The molecule has 0 saturated heterocycles. The van der Waals surface area contributed by atoms with Gasteiger partial charge >= 0.3 is 6.01 Å². The van der Waals surface area contributed by atoms with Crippen molar-refractivity contribution in [2.24, 2.45) is 0 Å². The summed E-state index contributed by atoms with van der Waals surface area (Å²) in [7, 11) is 3.03. The Morgan fingerprint density at radius 2 is 2.05 bits per heavy atom. The average Bonchev–Trinajstić information content (AvgIpc) is 2.87. The third kappa shape index (κ3) is 2.07. The van der Waals surface area contributed by atoms with Crippen LogP contribution >= 0.6 is 15.9 Å². The van der Waals surface area contributed by atoms with E-state index < -0.39 is 0 Å². The molecule has 20 heavy (non-hydrogen) atoms. The Morgan fingerprint density at radius 1 is 1.20 bits per heavy atom. The number of ether oxygens (including phenoxy) is 2. The van der Waals surface area contributed by atoms with E-state index in [0.29, 0.717) is 17.1 Å². The number of halogens is 1. The van der Waals surface area contributed by atoms with Gasteiger partial charge in [-0.05, 0) is 22.0 Å². The van der Waals surface area contributed by atoms with Gasteiger partial charge in [0.2, 0.25) is 5.88 Å². The van der Waals surface area contributed by atoms with Gasteiger partial charge < -0.3 is 14.5 Å². The number of nitrogens with zero attached hydrogens (tertiary/aromatic N) is 4. The van der Waals surface area contributed by atoms with Gasteiger partial charge in [-0.15, -0.1) is 10.2 Å². The molecule has 3 rings (SSSR count). The predicted octanol–water partition coefficient (Wildman–Crippen LogP) is 2.19. The summed E-state index contributed by atoms with van der Waals surface area (Å²) in [4.78, 5) is 11.3. The van der Waals surface area contributed by atoms with Crippen molar-refractivity contribution in [1.29, 1.82) is 0 Å². The number of rotatable bonds is 3. The second kappa shape index (κ2) is 5.04. The minimum absolute atomic E-state index is 0.238. The molecule has 8 heteroatoms. The Hall–Kier alpha value is -2.22. The highest BCUT2D eigenvalue weighted by Gasteiger charge is 2.14. The Bertz CT molecular complexity index is 774. The van der Waals surface area contributed by atoms with Crippen LogP contribution in [0.4, 0.5) is 0 Å². The largest absolute Gasteiger partial charge is 0.480 e. The summed E-state index contributed by atoms with van der Waals surface area (Å²) in [6.45, 7) is 0. The first kappa shape index (κ1) is 12.8. The number of nitrogens with one attached hydrogen (secondary N) is 1. The van der Waals surface area contributed by atoms with Crippen LogP contribution in [0.3, 0.4) is 0 Å².